The Bertz CT molecular complexity index is 794. The van der Waals surface area contributed by atoms with Crippen LogP contribution in [0.2, 0.25) is 0 Å². The summed E-state index contributed by atoms with van der Waals surface area (Å²) in [5.74, 6) is 0.266. The van der Waals surface area contributed by atoms with Gasteiger partial charge < -0.3 is 11.1 Å². The highest BCUT2D eigenvalue weighted by atomic mass is 16.1. The highest BCUT2D eigenvalue weighted by molar-refractivity contribution is 6.05. The van der Waals surface area contributed by atoms with Crippen molar-refractivity contribution >= 4 is 17.4 Å². The maximum absolute atomic E-state index is 12.4. The van der Waals surface area contributed by atoms with Gasteiger partial charge in [-0.3, -0.25) is 4.79 Å². The summed E-state index contributed by atoms with van der Waals surface area (Å²) in [6, 6.07) is 18.6. The molecule has 0 aliphatic carbocycles. The molecule has 0 radical (unpaired) electrons. The Morgan fingerprint density at radius 1 is 1.05 bits per heavy atom. The average molecular weight is 292 g/mol. The SMILES string of the molecule is Cc1nn(-c2ccccc2)c(NC(=O)c2ccccc2)c1N. The zero-order chi connectivity index (χ0) is 15.5. The molecule has 5 heteroatoms. The Kier molecular flexibility index (Phi) is 3.62. The monoisotopic (exact) mass is 292 g/mol. The van der Waals surface area contributed by atoms with E-state index in [0.717, 1.165) is 5.69 Å². The van der Waals surface area contributed by atoms with Crippen LogP contribution in [0.3, 0.4) is 0 Å². The summed E-state index contributed by atoms with van der Waals surface area (Å²) in [5, 5.41) is 7.26. The van der Waals surface area contributed by atoms with Crippen molar-refractivity contribution in [2.75, 3.05) is 11.1 Å². The third-order valence-corrected chi connectivity index (χ3v) is 3.38. The van der Waals surface area contributed by atoms with Crippen molar-refractivity contribution in [1.82, 2.24) is 9.78 Å². The van der Waals surface area contributed by atoms with E-state index < -0.39 is 0 Å². The molecule has 1 heterocycles. The second-order valence-corrected chi connectivity index (χ2v) is 4.92. The number of benzene rings is 2. The summed E-state index contributed by atoms with van der Waals surface area (Å²) in [6.45, 7) is 1.81. The Labute approximate surface area is 128 Å². The highest BCUT2D eigenvalue weighted by Crippen LogP contribution is 2.26. The number of aryl methyl sites for hydroxylation is 1. The minimum absolute atomic E-state index is 0.218. The van der Waals surface area contributed by atoms with Crippen molar-refractivity contribution in [2.45, 2.75) is 6.92 Å². The van der Waals surface area contributed by atoms with E-state index in [9.17, 15) is 4.79 Å². The fraction of sp³-hybridized carbons (Fsp3) is 0.0588. The molecule has 0 aliphatic heterocycles. The molecule has 0 spiro atoms. The maximum Gasteiger partial charge on any atom is 0.256 e. The summed E-state index contributed by atoms with van der Waals surface area (Å²) in [7, 11) is 0. The van der Waals surface area contributed by atoms with Crippen molar-refractivity contribution in [1.29, 1.82) is 0 Å². The van der Waals surface area contributed by atoms with Crippen LogP contribution in [0.15, 0.2) is 60.7 Å². The van der Waals surface area contributed by atoms with Gasteiger partial charge in [0, 0.05) is 5.56 Å². The lowest BCUT2D eigenvalue weighted by atomic mass is 10.2. The molecule has 3 N–H and O–H groups in total. The summed E-state index contributed by atoms with van der Waals surface area (Å²) < 4.78 is 1.64. The van der Waals surface area contributed by atoms with Crippen molar-refractivity contribution in [3.8, 4) is 5.69 Å². The van der Waals surface area contributed by atoms with Gasteiger partial charge in [0.25, 0.3) is 5.91 Å². The molecular weight excluding hydrogens is 276 g/mol. The predicted molar refractivity (Wildman–Crippen MR) is 87.1 cm³/mol. The van der Waals surface area contributed by atoms with Crippen LogP contribution < -0.4 is 11.1 Å². The number of nitrogens with one attached hydrogen (secondary N) is 1. The molecule has 1 aromatic heterocycles. The van der Waals surface area contributed by atoms with Crippen LogP contribution >= 0.6 is 0 Å². The molecule has 22 heavy (non-hydrogen) atoms. The van der Waals surface area contributed by atoms with Crippen LogP contribution in [0.5, 0.6) is 0 Å². The molecule has 0 unspecified atom stereocenters. The van der Waals surface area contributed by atoms with Gasteiger partial charge in [0.2, 0.25) is 0 Å². The minimum atomic E-state index is -0.218. The molecule has 0 aliphatic rings. The number of nitrogen functional groups attached to an aromatic ring is 1. The molecule has 1 amide bonds. The molecule has 5 nitrogen and oxygen atoms in total. The largest absolute Gasteiger partial charge is 0.394 e. The number of hydrogen-bond acceptors (Lipinski definition) is 3. The average Bonchev–Trinajstić information content (AvgIpc) is 2.85. The third-order valence-electron chi connectivity index (χ3n) is 3.38. The van der Waals surface area contributed by atoms with Crippen molar-refractivity contribution in [3.63, 3.8) is 0 Å². The molecule has 0 atom stereocenters. The Morgan fingerprint density at radius 3 is 2.27 bits per heavy atom. The van der Waals surface area contributed by atoms with Crippen LogP contribution in [0.4, 0.5) is 11.5 Å². The van der Waals surface area contributed by atoms with Crippen molar-refractivity contribution in [3.05, 3.63) is 71.9 Å². The topological polar surface area (TPSA) is 72.9 Å². The van der Waals surface area contributed by atoms with Crippen LogP contribution in [-0.4, -0.2) is 15.7 Å². The summed E-state index contributed by atoms with van der Waals surface area (Å²) in [6.07, 6.45) is 0. The summed E-state index contributed by atoms with van der Waals surface area (Å²) in [5.41, 5.74) is 8.62. The van der Waals surface area contributed by atoms with Gasteiger partial charge in [0.15, 0.2) is 5.82 Å². The number of carbonyl (C=O) groups is 1. The van der Waals surface area contributed by atoms with E-state index in [-0.39, 0.29) is 5.91 Å². The summed E-state index contributed by atoms with van der Waals surface area (Å²) >= 11 is 0. The summed E-state index contributed by atoms with van der Waals surface area (Å²) in [4.78, 5) is 12.4. The highest BCUT2D eigenvalue weighted by Gasteiger charge is 2.17. The van der Waals surface area contributed by atoms with E-state index >= 15 is 0 Å². The lowest BCUT2D eigenvalue weighted by Gasteiger charge is -2.09. The number of carbonyl (C=O) groups excluding carboxylic acids is 1. The Morgan fingerprint density at radius 2 is 1.64 bits per heavy atom. The number of anilines is 2. The molecule has 0 saturated heterocycles. The molecule has 0 bridgehead atoms. The molecule has 110 valence electrons. The number of nitrogens with zero attached hydrogens (tertiary/aromatic N) is 2. The minimum Gasteiger partial charge on any atom is -0.394 e. The van der Waals surface area contributed by atoms with E-state index in [4.69, 9.17) is 5.73 Å². The second kappa shape index (κ2) is 5.73. The first-order chi connectivity index (χ1) is 10.7. The van der Waals surface area contributed by atoms with Gasteiger partial charge in [-0.2, -0.15) is 5.10 Å². The zero-order valence-corrected chi connectivity index (χ0v) is 12.2. The smallest absolute Gasteiger partial charge is 0.256 e. The van der Waals surface area contributed by atoms with Gasteiger partial charge in [-0.25, -0.2) is 4.68 Å². The van der Waals surface area contributed by atoms with Crippen LogP contribution in [0.1, 0.15) is 16.1 Å². The van der Waals surface area contributed by atoms with Gasteiger partial charge in [-0.05, 0) is 31.2 Å². The predicted octanol–water partition coefficient (Wildman–Crippen LogP) is 3.02. The molecule has 2 aromatic carbocycles. The zero-order valence-electron chi connectivity index (χ0n) is 12.2. The molecule has 0 fully saturated rings. The van der Waals surface area contributed by atoms with E-state index in [1.807, 2.05) is 55.5 Å². The lowest BCUT2D eigenvalue weighted by Crippen LogP contribution is -2.16. The van der Waals surface area contributed by atoms with Gasteiger partial charge in [-0.1, -0.05) is 36.4 Å². The van der Waals surface area contributed by atoms with E-state index in [1.54, 1.807) is 16.8 Å². The number of rotatable bonds is 3. The Hall–Kier alpha value is -3.08. The van der Waals surface area contributed by atoms with Crippen molar-refractivity contribution < 1.29 is 4.79 Å². The van der Waals surface area contributed by atoms with E-state index in [2.05, 4.69) is 10.4 Å². The van der Waals surface area contributed by atoms with Gasteiger partial charge in [-0.15, -0.1) is 0 Å². The van der Waals surface area contributed by atoms with Gasteiger partial charge in [0.05, 0.1) is 17.1 Å². The molecule has 3 rings (SSSR count). The molecule has 0 saturated carbocycles. The maximum atomic E-state index is 12.4. The standard InChI is InChI=1S/C17H16N4O/c1-12-15(18)16(19-17(22)13-8-4-2-5-9-13)21(20-12)14-10-6-3-7-11-14/h2-11H,18H2,1H3,(H,19,22). The normalized spacial score (nSPS) is 10.4. The van der Waals surface area contributed by atoms with Gasteiger partial charge >= 0.3 is 0 Å². The number of para-hydroxylation sites is 1. The molecular formula is C17H16N4O. The second-order valence-electron chi connectivity index (χ2n) is 4.92. The number of aromatic nitrogens is 2. The third kappa shape index (κ3) is 2.56. The van der Waals surface area contributed by atoms with E-state index in [0.29, 0.717) is 22.8 Å². The lowest BCUT2D eigenvalue weighted by molar-refractivity contribution is 0.102. The van der Waals surface area contributed by atoms with Crippen molar-refractivity contribution in [2.24, 2.45) is 0 Å². The first-order valence-electron chi connectivity index (χ1n) is 6.93. The van der Waals surface area contributed by atoms with Gasteiger partial charge in [0.1, 0.15) is 0 Å². The fourth-order valence-electron chi connectivity index (χ4n) is 2.18. The van der Waals surface area contributed by atoms with Crippen LogP contribution in [0.25, 0.3) is 5.69 Å². The quantitative estimate of drug-likeness (QED) is 0.779. The first-order valence-corrected chi connectivity index (χ1v) is 6.93. The first kappa shape index (κ1) is 13.9. The van der Waals surface area contributed by atoms with Crippen LogP contribution in [-0.2, 0) is 0 Å². The Balaban J connectivity index is 1.99. The number of amides is 1. The fourth-order valence-corrected chi connectivity index (χ4v) is 2.18. The molecule has 3 aromatic rings. The number of nitrogens with two attached hydrogens (primary N) is 1. The van der Waals surface area contributed by atoms with Crippen LogP contribution in [0, 0.1) is 6.92 Å². The van der Waals surface area contributed by atoms with E-state index in [1.165, 1.54) is 0 Å². The number of hydrogen-bond donors (Lipinski definition) is 2.